The van der Waals surface area contributed by atoms with Crippen molar-refractivity contribution < 1.29 is 0 Å². The Labute approximate surface area is 81.5 Å². The fraction of sp³-hybridized carbons (Fsp3) is 0.909. The zero-order valence-corrected chi connectivity index (χ0v) is 8.79. The second kappa shape index (κ2) is 5.24. The van der Waals surface area contributed by atoms with Crippen LogP contribution in [0.4, 0.5) is 0 Å². The second-order valence-electron chi connectivity index (χ2n) is 4.35. The van der Waals surface area contributed by atoms with Crippen LogP contribution in [-0.2, 0) is 0 Å². The number of nitriles is 1. The van der Waals surface area contributed by atoms with E-state index in [1.807, 2.05) is 0 Å². The van der Waals surface area contributed by atoms with Crippen LogP contribution < -0.4 is 0 Å². The summed E-state index contributed by atoms with van der Waals surface area (Å²) in [6.07, 6.45) is 4.36. The van der Waals surface area contributed by atoms with Crippen molar-refractivity contribution in [1.82, 2.24) is 4.90 Å². The Hall–Kier alpha value is -0.550. The van der Waals surface area contributed by atoms with Crippen LogP contribution in [0, 0.1) is 23.2 Å². The molecule has 74 valence electrons. The van der Waals surface area contributed by atoms with Crippen molar-refractivity contribution in [1.29, 1.82) is 5.26 Å². The zero-order valence-electron chi connectivity index (χ0n) is 8.79. The van der Waals surface area contributed by atoms with Crippen LogP contribution in [0.15, 0.2) is 0 Å². The highest BCUT2D eigenvalue weighted by Gasteiger charge is 2.32. The SMILES string of the molecule is CC1CC1CN(C)CCCCC#N. The normalized spacial score (nSPS) is 26.0. The van der Waals surface area contributed by atoms with E-state index in [1.165, 1.54) is 19.4 Å². The molecule has 2 atom stereocenters. The molecule has 0 heterocycles. The van der Waals surface area contributed by atoms with Crippen LogP contribution in [-0.4, -0.2) is 25.0 Å². The van der Waals surface area contributed by atoms with Crippen molar-refractivity contribution in [3.63, 3.8) is 0 Å². The third kappa shape index (κ3) is 4.28. The Balaban J connectivity index is 1.92. The minimum atomic E-state index is 0.716. The monoisotopic (exact) mass is 180 g/mol. The molecule has 2 heteroatoms. The summed E-state index contributed by atoms with van der Waals surface area (Å²) in [6.45, 7) is 4.74. The van der Waals surface area contributed by atoms with E-state index in [9.17, 15) is 0 Å². The van der Waals surface area contributed by atoms with Gasteiger partial charge in [0.2, 0.25) is 0 Å². The van der Waals surface area contributed by atoms with Crippen molar-refractivity contribution in [3.8, 4) is 6.07 Å². The summed E-state index contributed by atoms with van der Waals surface area (Å²) in [5.74, 6) is 1.92. The van der Waals surface area contributed by atoms with E-state index in [0.717, 1.165) is 24.8 Å². The van der Waals surface area contributed by atoms with E-state index in [-0.39, 0.29) is 0 Å². The average Bonchev–Trinajstić information content (AvgIpc) is 2.76. The molecular weight excluding hydrogens is 160 g/mol. The molecule has 0 aromatic heterocycles. The molecule has 0 saturated heterocycles. The Morgan fingerprint density at radius 2 is 2.15 bits per heavy atom. The third-order valence-electron chi connectivity index (χ3n) is 2.90. The van der Waals surface area contributed by atoms with Gasteiger partial charge >= 0.3 is 0 Å². The Morgan fingerprint density at radius 3 is 2.69 bits per heavy atom. The third-order valence-corrected chi connectivity index (χ3v) is 2.90. The number of nitrogens with zero attached hydrogens (tertiary/aromatic N) is 2. The number of rotatable bonds is 6. The lowest BCUT2D eigenvalue weighted by Crippen LogP contribution is -2.22. The minimum absolute atomic E-state index is 0.716. The van der Waals surface area contributed by atoms with Gasteiger partial charge in [-0.15, -0.1) is 0 Å². The lowest BCUT2D eigenvalue weighted by Gasteiger charge is -2.15. The fourth-order valence-electron chi connectivity index (χ4n) is 1.73. The molecule has 0 amide bonds. The van der Waals surface area contributed by atoms with E-state index in [0.29, 0.717) is 6.42 Å². The molecule has 1 rings (SSSR count). The first-order valence-electron chi connectivity index (χ1n) is 5.29. The Bertz CT molecular complexity index is 183. The first kappa shape index (κ1) is 10.5. The van der Waals surface area contributed by atoms with Gasteiger partial charge in [-0.3, -0.25) is 0 Å². The molecule has 1 aliphatic rings. The van der Waals surface area contributed by atoms with Crippen LogP contribution in [0.3, 0.4) is 0 Å². The molecule has 0 N–H and O–H groups in total. The topological polar surface area (TPSA) is 27.0 Å². The van der Waals surface area contributed by atoms with Crippen LogP contribution in [0.1, 0.15) is 32.6 Å². The lowest BCUT2D eigenvalue weighted by atomic mass is 10.2. The molecule has 1 aliphatic carbocycles. The molecule has 1 saturated carbocycles. The first-order valence-corrected chi connectivity index (χ1v) is 5.29. The predicted molar refractivity (Wildman–Crippen MR) is 54.2 cm³/mol. The summed E-state index contributed by atoms with van der Waals surface area (Å²) < 4.78 is 0. The summed E-state index contributed by atoms with van der Waals surface area (Å²) in [5, 5.41) is 8.36. The summed E-state index contributed by atoms with van der Waals surface area (Å²) in [4.78, 5) is 2.41. The summed E-state index contributed by atoms with van der Waals surface area (Å²) >= 11 is 0. The maximum atomic E-state index is 8.36. The number of hydrogen-bond donors (Lipinski definition) is 0. The van der Waals surface area contributed by atoms with Gasteiger partial charge in [0.1, 0.15) is 0 Å². The van der Waals surface area contributed by atoms with Crippen LogP contribution in [0.2, 0.25) is 0 Å². The molecule has 0 aromatic carbocycles. The van der Waals surface area contributed by atoms with Crippen molar-refractivity contribution in [2.24, 2.45) is 11.8 Å². The summed E-state index contributed by atoms with van der Waals surface area (Å²) in [5.41, 5.74) is 0. The van der Waals surface area contributed by atoms with Gasteiger partial charge in [-0.05, 0) is 44.7 Å². The van der Waals surface area contributed by atoms with E-state index < -0.39 is 0 Å². The Morgan fingerprint density at radius 1 is 1.46 bits per heavy atom. The maximum Gasteiger partial charge on any atom is 0.0621 e. The quantitative estimate of drug-likeness (QED) is 0.586. The van der Waals surface area contributed by atoms with E-state index >= 15 is 0 Å². The van der Waals surface area contributed by atoms with Gasteiger partial charge in [0.15, 0.2) is 0 Å². The maximum absolute atomic E-state index is 8.36. The van der Waals surface area contributed by atoms with Crippen LogP contribution in [0.5, 0.6) is 0 Å². The van der Waals surface area contributed by atoms with Crippen molar-refractivity contribution in [3.05, 3.63) is 0 Å². The summed E-state index contributed by atoms with van der Waals surface area (Å²) in [7, 11) is 2.19. The number of unbranched alkanes of at least 4 members (excludes halogenated alkanes) is 2. The van der Waals surface area contributed by atoms with Crippen molar-refractivity contribution in [2.45, 2.75) is 32.6 Å². The first-order chi connectivity index (χ1) is 6.24. The van der Waals surface area contributed by atoms with Gasteiger partial charge in [-0.2, -0.15) is 5.26 Å². The van der Waals surface area contributed by atoms with E-state index in [2.05, 4.69) is 24.9 Å². The van der Waals surface area contributed by atoms with Crippen LogP contribution in [0.25, 0.3) is 0 Å². The molecule has 13 heavy (non-hydrogen) atoms. The fourth-order valence-corrected chi connectivity index (χ4v) is 1.73. The average molecular weight is 180 g/mol. The van der Waals surface area contributed by atoms with Gasteiger partial charge in [-0.1, -0.05) is 6.92 Å². The molecular formula is C11H20N2. The predicted octanol–water partition coefficient (Wildman–Crippen LogP) is 2.27. The highest BCUT2D eigenvalue weighted by molar-refractivity contribution is 4.84. The van der Waals surface area contributed by atoms with Crippen molar-refractivity contribution >= 4 is 0 Å². The summed E-state index contributed by atoms with van der Waals surface area (Å²) in [6, 6.07) is 2.18. The molecule has 1 fully saturated rings. The zero-order chi connectivity index (χ0) is 9.68. The van der Waals surface area contributed by atoms with Gasteiger partial charge in [-0.25, -0.2) is 0 Å². The molecule has 0 bridgehead atoms. The highest BCUT2D eigenvalue weighted by Crippen LogP contribution is 2.37. The smallest absolute Gasteiger partial charge is 0.0621 e. The standard InChI is InChI=1S/C11H20N2/c1-10-8-11(10)9-13(2)7-5-3-4-6-12/h10-11H,3-5,7-9H2,1-2H3. The minimum Gasteiger partial charge on any atom is -0.306 e. The van der Waals surface area contributed by atoms with E-state index in [1.54, 1.807) is 0 Å². The largest absolute Gasteiger partial charge is 0.306 e. The number of hydrogen-bond acceptors (Lipinski definition) is 2. The Kier molecular flexibility index (Phi) is 4.24. The lowest BCUT2D eigenvalue weighted by molar-refractivity contribution is 0.308. The van der Waals surface area contributed by atoms with Gasteiger partial charge in [0, 0.05) is 13.0 Å². The van der Waals surface area contributed by atoms with Crippen molar-refractivity contribution in [2.75, 3.05) is 20.1 Å². The molecule has 0 aromatic rings. The molecule has 2 unspecified atom stereocenters. The van der Waals surface area contributed by atoms with E-state index in [4.69, 9.17) is 5.26 Å². The highest BCUT2D eigenvalue weighted by atomic mass is 15.1. The second-order valence-corrected chi connectivity index (χ2v) is 4.35. The molecule has 0 spiro atoms. The van der Waals surface area contributed by atoms with Gasteiger partial charge in [0.05, 0.1) is 6.07 Å². The molecule has 0 radical (unpaired) electrons. The van der Waals surface area contributed by atoms with Gasteiger partial charge < -0.3 is 4.90 Å². The molecule has 2 nitrogen and oxygen atoms in total. The van der Waals surface area contributed by atoms with Gasteiger partial charge in [0.25, 0.3) is 0 Å². The van der Waals surface area contributed by atoms with Crippen LogP contribution >= 0.6 is 0 Å². The molecule has 0 aliphatic heterocycles.